The van der Waals surface area contributed by atoms with E-state index in [1.165, 1.54) is 0 Å². The Labute approximate surface area is 203 Å². The quantitative estimate of drug-likeness (QED) is 0.342. The maximum absolute atomic E-state index is 12.7. The van der Waals surface area contributed by atoms with Crippen molar-refractivity contribution in [3.8, 4) is 17.1 Å². The number of hydrogen-bond acceptors (Lipinski definition) is 5. The van der Waals surface area contributed by atoms with E-state index < -0.39 is 11.0 Å². The topological polar surface area (TPSA) is 89.8 Å². The van der Waals surface area contributed by atoms with Crippen molar-refractivity contribution < 1.29 is 10.4 Å². The lowest BCUT2D eigenvalue weighted by molar-refractivity contribution is 0.111. The van der Waals surface area contributed by atoms with Gasteiger partial charge in [0.2, 0.25) is 0 Å². The molecule has 4 rings (SSSR count). The van der Waals surface area contributed by atoms with Gasteiger partial charge in [0.15, 0.2) is 12.1 Å². The van der Waals surface area contributed by atoms with E-state index in [0.29, 0.717) is 11.5 Å². The van der Waals surface area contributed by atoms with E-state index in [4.69, 9.17) is 4.98 Å². The van der Waals surface area contributed by atoms with Crippen molar-refractivity contribution >= 4 is 28.2 Å². The molecule has 3 aromatic heterocycles. The molecule has 178 valence electrons. The summed E-state index contributed by atoms with van der Waals surface area (Å²) < 4.78 is 17.4. The van der Waals surface area contributed by atoms with E-state index in [1.54, 1.807) is 23.0 Å². The summed E-state index contributed by atoms with van der Waals surface area (Å²) in [6, 6.07) is 17.2. The van der Waals surface area contributed by atoms with Gasteiger partial charge in [0.1, 0.15) is 5.69 Å². The van der Waals surface area contributed by atoms with Gasteiger partial charge in [-0.15, -0.1) is 0 Å². The van der Waals surface area contributed by atoms with Crippen molar-refractivity contribution in [1.29, 1.82) is 0 Å². The van der Waals surface area contributed by atoms with Crippen LogP contribution in [0, 0.1) is 0 Å². The normalized spacial score (nSPS) is 13.6. The number of aldehydes is 1. The second-order valence-electron chi connectivity index (χ2n) is 9.16. The number of hydrogen-bond donors (Lipinski definition) is 1. The molecule has 0 aliphatic carbocycles. The highest BCUT2D eigenvalue weighted by atomic mass is 32.2. The van der Waals surface area contributed by atoms with Gasteiger partial charge in [-0.25, -0.2) is 18.6 Å². The number of aromatic nitrogens is 4. The van der Waals surface area contributed by atoms with Gasteiger partial charge in [0, 0.05) is 12.4 Å². The van der Waals surface area contributed by atoms with Crippen molar-refractivity contribution in [3.05, 3.63) is 72.2 Å². The number of benzene rings is 1. The molecule has 1 aromatic carbocycles. The number of nitrogens with one attached hydrogen (secondary N) is 1. The first-order valence-corrected chi connectivity index (χ1v) is 12.5. The van der Waals surface area contributed by atoms with E-state index >= 15 is 0 Å². The number of carbonyl (C=O) groups is 1. The zero-order valence-corrected chi connectivity index (χ0v) is 20.7. The zero-order valence-electron chi connectivity index (χ0n) is 19.9. The Bertz CT molecular complexity index is 1350. The summed E-state index contributed by atoms with van der Waals surface area (Å²) >= 11 is 0. The molecule has 0 saturated carbocycles. The maximum Gasteiger partial charge on any atom is 0.168 e. The van der Waals surface area contributed by atoms with Gasteiger partial charge in [0.25, 0.3) is 0 Å². The smallest absolute Gasteiger partial charge is 0.168 e. The van der Waals surface area contributed by atoms with Gasteiger partial charge in [-0.1, -0.05) is 37.6 Å². The lowest BCUT2D eigenvalue weighted by Crippen LogP contribution is -2.36. The van der Waals surface area contributed by atoms with Crippen LogP contribution in [0.15, 0.2) is 60.8 Å². The molecule has 4 aromatic rings. The Kier molecular flexibility index (Phi) is 7.00. The first-order valence-electron chi connectivity index (χ1n) is 11.4. The first-order chi connectivity index (χ1) is 16.3. The molecule has 8 heteroatoms. The van der Waals surface area contributed by atoms with Crippen LogP contribution in [0.25, 0.3) is 28.0 Å². The summed E-state index contributed by atoms with van der Waals surface area (Å²) in [5, 5.41) is 5.44. The number of carbonyl (C=O) groups excluding carboxylic acids is 1. The van der Waals surface area contributed by atoms with E-state index in [9.17, 15) is 9.00 Å². The van der Waals surface area contributed by atoms with Crippen LogP contribution in [0.3, 0.4) is 0 Å². The minimum atomic E-state index is -1.19. The summed E-state index contributed by atoms with van der Waals surface area (Å²) in [7, 11) is -1.19. The fraction of sp³-hybridized carbons (Fsp3) is 0.308. The lowest BCUT2D eigenvalue weighted by atomic mass is 10.1. The molecule has 0 aliphatic rings. The predicted octanol–water partition coefficient (Wildman–Crippen LogP) is 5.43. The number of pyridine rings is 2. The summed E-state index contributed by atoms with van der Waals surface area (Å²) in [5.41, 5.74) is 3.86. The van der Waals surface area contributed by atoms with Crippen molar-refractivity contribution in [2.24, 2.45) is 0 Å². The van der Waals surface area contributed by atoms with Crippen LogP contribution < -0.4 is 4.72 Å². The third kappa shape index (κ3) is 5.13. The van der Waals surface area contributed by atoms with E-state index in [1.807, 2.05) is 63.2 Å². The fourth-order valence-corrected chi connectivity index (χ4v) is 4.50. The van der Waals surface area contributed by atoms with Crippen molar-refractivity contribution in [2.75, 3.05) is 0 Å². The fourth-order valence-electron chi connectivity index (χ4n) is 3.65. The molecule has 0 fully saturated rings. The van der Waals surface area contributed by atoms with Crippen LogP contribution in [0.4, 0.5) is 0 Å². The molecule has 0 spiro atoms. The van der Waals surface area contributed by atoms with Crippen LogP contribution in [0.5, 0.6) is 0 Å². The highest BCUT2D eigenvalue weighted by molar-refractivity contribution is 7.84. The molecule has 3 heterocycles. The second-order valence-corrected chi connectivity index (χ2v) is 11.2. The summed E-state index contributed by atoms with van der Waals surface area (Å²) in [6.45, 7) is 7.99. The molecule has 0 saturated heterocycles. The molecule has 2 atom stereocenters. The van der Waals surface area contributed by atoms with Crippen molar-refractivity contribution in [3.63, 3.8) is 0 Å². The molecular formula is C26H31N5O2S. The highest BCUT2D eigenvalue weighted by Gasteiger charge is 2.24. The molecule has 7 nitrogen and oxygen atoms in total. The molecular weight excluding hydrogens is 446 g/mol. The molecule has 0 bridgehead atoms. The Hall–Kier alpha value is -3.23. The Balaban J connectivity index is 0.00000342. The van der Waals surface area contributed by atoms with Gasteiger partial charge in [-0.05, 0) is 57.5 Å². The number of fused-ring (bicyclic) bond motifs is 1. The zero-order chi connectivity index (χ0) is 24.3. The van der Waals surface area contributed by atoms with Crippen molar-refractivity contribution in [1.82, 2.24) is 24.5 Å². The van der Waals surface area contributed by atoms with E-state index in [2.05, 4.69) is 21.7 Å². The average molecular weight is 478 g/mol. The average Bonchev–Trinajstić information content (AvgIpc) is 3.26. The number of rotatable bonds is 8. The van der Waals surface area contributed by atoms with Crippen LogP contribution in [-0.4, -0.2) is 35.0 Å². The molecule has 1 N–H and O–H groups in total. The van der Waals surface area contributed by atoms with E-state index in [-0.39, 0.29) is 12.2 Å². The summed E-state index contributed by atoms with van der Waals surface area (Å²) in [6.07, 6.45) is 4.29. The minimum absolute atomic E-state index is 0. The largest absolute Gasteiger partial charge is 0.296 e. The van der Waals surface area contributed by atoms with Gasteiger partial charge in [0.05, 0.1) is 44.9 Å². The van der Waals surface area contributed by atoms with Gasteiger partial charge in [-0.3, -0.25) is 9.78 Å². The summed E-state index contributed by atoms with van der Waals surface area (Å²) in [4.78, 5) is 20.5. The second kappa shape index (κ2) is 9.95. The van der Waals surface area contributed by atoms with Crippen LogP contribution in [0.2, 0.25) is 0 Å². The SMILES string of the molecule is CCC[C@H](N[S@@](=O)C(C)(C)C)c1cccc(-c2ccc3cnn(-c4cccc(C=O)n4)c3c2)n1.[HH]. The predicted molar refractivity (Wildman–Crippen MR) is 138 cm³/mol. The standard InChI is InChI=1S/C26H29N5O2S.H2/c1-5-8-23(30-34(33)26(2,3)4)22-11-7-10-21(29-22)18-13-14-19-16-27-31(24(19)15-18)25-12-6-9-20(17-32)28-25;/h6-7,9-17,23,30H,5,8H2,1-4H3;1H/t23-,34-;/m0./s1. The highest BCUT2D eigenvalue weighted by Crippen LogP contribution is 2.27. The third-order valence-corrected chi connectivity index (χ3v) is 7.08. The Morgan fingerprint density at radius 1 is 1.12 bits per heavy atom. The van der Waals surface area contributed by atoms with Crippen molar-refractivity contribution in [2.45, 2.75) is 51.3 Å². The van der Waals surface area contributed by atoms with Gasteiger partial charge in [-0.2, -0.15) is 5.10 Å². The monoisotopic (exact) mass is 477 g/mol. The van der Waals surface area contributed by atoms with Gasteiger partial charge < -0.3 is 0 Å². The molecule has 0 radical (unpaired) electrons. The molecule has 34 heavy (non-hydrogen) atoms. The van der Waals surface area contributed by atoms with Crippen LogP contribution in [-0.2, 0) is 11.0 Å². The molecule has 0 aliphatic heterocycles. The van der Waals surface area contributed by atoms with Crippen LogP contribution in [0.1, 0.15) is 64.2 Å². The number of nitrogens with zero attached hydrogens (tertiary/aromatic N) is 4. The Morgan fingerprint density at radius 3 is 2.65 bits per heavy atom. The van der Waals surface area contributed by atoms with Crippen LogP contribution >= 0.6 is 0 Å². The molecule has 0 amide bonds. The third-order valence-electron chi connectivity index (χ3n) is 5.47. The Morgan fingerprint density at radius 2 is 1.91 bits per heavy atom. The van der Waals surface area contributed by atoms with Gasteiger partial charge >= 0.3 is 0 Å². The summed E-state index contributed by atoms with van der Waals surface area (Å²) in [5.74, 6) is 0.579. The maximum atomic E-state index is 12.7. The molecule has 0 unspecified atom stereocenters. The minimum Gasteiger partial charge on any atom is -0.296 e. The van der Waals surface area contributed by atoms with E-state index in [0.717, 1.165) is 47.0 Å². The first kappa shape index (κ1) is 23.9. The lowest BCUT2D eigenvalue weighted by Gasteiger charge is -2.24.